The quantitative estimate of drug-likeness (QED) is 0.729. The monoisotopic (exact) mass is 198 g/mol. The van der Waals surface area contributed by atoms with Crippen LogP contribution >= 0.6 is 0 Å². The number of para-hydroxylation sites is 1. The fourth-order valence-corrected chi connectivity index (χ4v) is 2.10. The van der Waals surface area contributed by atoms with Crippen molar-refractivity contribution >= 4 is 10.9 Å². The number of benzene rings is 1. The van der Waals surface area contributed by atoms with Crippen molar-refractivity contribution in [2.24, 2.45) is 7.05 Å². The minimum absolute atomic E-state index is 0.592. The summed E-state index contributed by atoms with van der Waals surface area (Å²) in [4.78, 5) is 0. The summed E-state index contributed by atoms with van der Waals surface area (Å²) < 4.78 is 2.20. The van der Waals surface area contributed by atoms with Crippen LogP contribution in [0.5, 0.6) is 0 Å². The Morgan fingerprint density at radius 3 is 2.80 bits per heavy atom. The fourth-order valence-electron chi connectivity index (χ4n) is 2.10. The lowest BCUT2D eigenvalue weighted by atomic mass is 10.1. The number of fused-ring (bicyclic) bond motifs is 1. The van der Waals surface area contributed by atoms with Crippen LogP contribution in [0, 0.1) is 18.3 Å². The van der Waals surface area contributed by atoms with Gasteiger partial charge in [-0.1, -0.05) is 18.2 Å². The van der Waals surface area contributed by atoms with Gasteiger partial charge >= 0.3 is 0 Å². The Hall–Kier alpha value is -1.75. The molecule has 0 aliphatic rings. The number of aromatic nitrogens is 1. The van der Waals surface area contributed by atoms with Gasteiger partial charge in [0.05, 0.1) is 6.07 Å². The lowest BCUT2D eigenvalue weighted by Gasteiger charge is -1.98. The molecular weight excluding hydrogens is 184 g/mol. The van der Waals surface area contributed by atoms with E-state index >= 15 is 0 Å². The van der Waals surface area contributed by atoms with E-state index in [0.717, 1.165) is 6.42 Å². The predicted octanol–water partition coefficient (Wildman–Crippen LogP) is 2.94. The molecule has 2 rings (SSSR count). The number of aryl methyl sites for hydroxylation is 2. The highest BCUT2D eigenvalue weighted by Crippen LogP contribution is 2.25. The highest BCUT2D eigenvalue weighted by Gasteiger charge is 2.10. The molecule has 2 nitrogen and oxygen atoms in total. The normalized spacial score (nSPS) is 10.5. The van der Waals surface area contributed by atoms with E-state index in [1.807, 2.05) is 0 Å². The fraction of sp³-hybridized carbons (Fsp3) is 0.308. The Labute approximate surface area is 89.7 Å². The number of rotatable bonds is 2. The summed E-state index contributed by atoms with van der Waals surface area (Å²) in [6, 6.07) is 10.6. The van der Waals surface area contributed by atoms with Crippen molar-refractivity contribution in [3.05, 3.63) is 35.5 Å². The molecule has 0 radical (unpaired) electrons. The Bertz CT molecular complexity index is 529. The number of nitriles is 1. The molecule has 0 spiro atoms. The van der Waals surface area contributed by atoms with E-state index in [2.05, 4.69) is 48.9 Å². The first-order valence-electron chi connectivity index (χ1n) is 5.15. The molecule has 0 amide bonds. The third-order valence-corrected chi connectivity index (χ3v) is 3.02. The van der Waals surface area contributed by atoms with Gasteiger partial charge in [-0.2, -0.15) is 5.26 Å². The lowest BCUT2D eigenvalue weighted by Crippen LogP contribution is -1.92. The maximum atomic E-state index is 8.64. The van der Waals surface area contributed by atoms with Gasteiger partial charge in [-0.05, 0) is 25.0 Å². The van der Waals surface area contributed by atoms with E-state index in [-0.39, 0.29) is 0 Å². The molecule has 1 aromatic carbocycles. The zero-order valence-corrected chi connectivity index (χ0v) is 9.12. The Morgan fingerprint density at radius 2 is 2.07 bits per heavy atom. The minimum Gasteiger partial charge on any atom is -0.348 e. The Morgan fingerprint density at radius 1 is 1.33 bits per heavy atom. The molecule has 76 valence electrons. The van der Waals surface area contributed by atoms with Crippen LogP contribution in [0.25, 0.3) is 10.9 Å². The first-order chi connectivity index (χ1) is 7.25. The van der Waals surface area contributed by atoms with Crippen molar-refractivity contribution in [1.82, 2.24) is 4.57 Å². The van der Waals surface area contributed by atoms with Crippen LogP contribution in [0.3, 0.4) is 0 Å². The highest BCUT2D eigenvalue weighted by atomic mass is 14.9. The zero-order chi connectivity index (χ0) is 10.8. The first kappa shape index (κ1) is 9.79. The van der Waals surface area contributed by atoms with E-state index in [1.165, 1.54) is 22.2 Å². The number of nitrogens with zero attached hydrogens (tertiary/aromatic N) is 2. The van der Waals surface area contributed by atoms with Crippen LogP contribution in [0.2, 0.25) is 0 Å². The van der Waals surface area contributed by atoms with Crippen molar-refractivity contribution in [3.63, 3.8) is 0 Å². The molecule has 0 atom stereocenters. The van der Waals surface area contributed by atoms with Crippen molar-refractivity contribution in [1.29, 1.82) is 5.26 Å². The summed E-state index contributed by atoms with van der Waals surface area (Å²) in [5.74, 6) is 0. The molecule has 1 aromatic heterocycles. The molecular formula is C13H14N2. The second kappa shape index (κ2) is 3.78. The largest absolute Gasteiger partial charge is 0.348 e. The van der Waals surface area contributed by atoms with Gasteiger partial charge in [-0.3, -0.25) is 0 Å². The van der Waals surface area contributed by atoms with E-state index in [1.54, 1.807) is 0 Å². The molecule has 2 heteroatoms. The van der Waals surface area contributed by atoms with Gasteiger partial charge < -0.3 is 4.57 Å². The van der Waals surface area contributed by atoms with Gasteiger partial charge in [-0.25, -0.2) is 0 Å². The maximum Gasteiger partial charge on any atom is 0.0625 e. The van der Waals surface area contributed by atoms with Crippen molar-refractivity contribution in [2.45, 2.75) is 19.8 Å². The molecule has 0 aliphatic heterocycles. The van der Waals surface area contributed by atoms with Gasteiger partial charge in [0.1, 0.15) is 0 Å². The van der Waals surface area contributed by atoms with Crippen molar-refractivity contribution in [3.8, 4) is 6.07 Å². The maximum absolute atomic E-state index is 8.64. The topological polar surface area (TPSA) is 28.7 Å². The van der Waals surface area contributed by atoms with Crippen LogP contribution in [0.15, 0.2) is 24.3 Å². The molecule has 2 aromatic rings. The number of hydrogen-bond donors (Lipinski definition) is 0. The molecule has 0 aliphatic carbocycles. The van der Waals surface area contributed by atoms with E-state index in [0.29, 0.717) is 6.42 Å². The average Bonchev–Trinajstić information content (AvgIpc) is 2.51. The molecule has 0 unspecified atom stereocenters. The second-order valence-corrected chi connectivity index (χ2v) is 3.80. The Balaban J connectivity index is 2.62. The van der Waals surface area contributed by atoms with E-state index in [4.69, 9.17) is 5.26 Å². The summed E-state index contributed by atoms with van der Waals surface area (Å²) in [6.45, 7) is 2.12. The predicted molar refractivity (Wildman–Crippen MR) is 61.6 cm³/mol. The molecule has 0 saturated heterocycles. The van der Waals surface area contributed by atoms with Gasteiger partial charge in [0.25, 0.3) is 0 Å². The van der Waals surface area contributed by atoms with Crippen LogP contribution in [0.4, 0.5) is 0 Å². The van der Waals surface area contributed by atoms with Crippen LogP contribution in [-0.2, 0) is 13.5 Å². The smallest absolute Gasteiger partial charge is 0.0625 e. The zero-order valence-electron chi connectivity index (χ0n) is 9.12. The van der Waals surface area contributed by atoms with Crippen LogP contribution < -0.4 is 0 Å². The standard InChI is InChI=1S/C13H14N2/c1-10-11(7-5-9-14)12-6-3-4-8-13(12)15(10)2/h3-4,6,8H,5,7H2,1-2H3. The molecule has 0 fully saturated rings. The second-order valence-electron chi connectivity index (χ2n) is 3.80. The lowest BCUT2D eigenvalue weighted by molar-refractivity contribution is 0.888. The molecule has 15 heavy (non-hydrogen) atoms. The van der Waals surface area contributed by atoms with Crippen molar-refractivity contribution < 1.29 is 0 Å². The highest BCUT2D eigenvalue weighted by molar-refractivity contribution is 5.85. The third-order valence-electron chi connectivity index (χ3n) is 3.02. The van der Waals surface area contributed by atoms with E-state index in [9.17, 15) is 0 Å². The summed E-state index contributed by atoms with van der Waals surface area (Å²) in [6.07, 6.45) is 1.44. The van der Waals surface area contributed by atoms with Gasteiger partial charge in [-0.15, -0.1) is 0 Å². The summed E-state index contributed by atoms with van der Waals surface area (Å²) >= 11 is 0. The van der Waals surface area contributed by atoms with E-state index < -0.39 is 0 Å². The Kier molecular flexibility index (Phi) is 2.47. The first-order valence-corrected chi connectivity index (χ1v) is 5.15. The summed E-state index contributed by atoms with van der Waals surface area (Å²) in [7, 11) is 2.08. The van der Waals surface area contributed by atoms with Crippen LogP contribution in [0.1, 0.15) is 17.7 Å². The number of hydrogen-bond acceptors (Lipinski definition) is 1. The molecule has 0 bridgehead atoms. The molecule has 0 saturated carbocycles. The average molecular weight is 198 g/mol. The third kappa shape index (κ3) is 1.50. The van der Waals surface area contributed by atoms with Crippen molar-refractivity contribution in [2.75, 3.05) is 0 Å². The van der Waals surface area contributed by atoms with Crippen LogP contribution in [-0.4, -0.2) is 4.57 Å². The van der Waals surface area contributed by atoms with Gasteiger partial charge in [0, 0.05) is 30.1 Å². The SMILES string of the molecule is Cc1c(CCC#N)c2ccccc2n1C. The molecule has 1 heterocycles. The minimum atomic E-state index is 0.592. The summed E-state index contributed by atoms with van der Waals surface area (Å²) in [5, 5.41) is 9.93. The van der Waals surface area contributed by atoms with Gasteiger partial charge in [0.15, 0.2) is 0 Å². The molecule has 0 N–H and O–H groups in total. The summed E-state index contributed by atoms with van der Waals surface area (Å²) in [5.41, 5.74) is 3.84. The van der Waals surface area contributed by atoms with Gasteiger partial charge in [0.2, 0.25) is 0 Å².